The predicted octanol–water partition coefficient (Wildman–Crippen LogP) is 5.97. The molecule has 4 rings (SSSR count). The number of hydrogen-bond donors (Lipinski definition) is 2. The molecule has 0 radical (unpaired) electrons. The van der Waals surface area contributed by atoms with Gasteiger partial charge >= 0.3 is 0 Å². The summed E-state index contributed by atoms with van der Waals surface area (Å²) in [5.74, 6) is 3.26. The van der Waals surface area contributed by atoms with Gasteiger partial charge in [-0.25, -0.2) is 0 Å². The average molecular weight is 419 g/mol. The Morgan fingerprint density at radius 1 is 0.967 bits per heavy atom. The molecule has 0 spiro atoms. The van der Waals surface area contributed by atoms with Crippen LogP contribution in [0.4, 0.5) is 0 Å². The van der Waals surface area contributed by atoms with E-state index in [1.54, 1.807) is 0 Å². The van der Waals surface area contributed by atoms with Crippen molar-refractivity contribution >= 4 is 5.78 Å². The van der Waals surface area contributed by atoms with Gasteiger partial charge in [0.15, 0.2) is 5.79 Å². The van der Waals surface area contributed by atoms with E-state index in [1.165, 1.54) is 38.5 Å². The van der Waals surface area contributed by atoms with E-state index in [9.17, 15) is 15.0 Å². The molecule has 0 heterocycles. The molecule has 0 amide bonds. The molecule has 30 heavy (non-hydrogen) atoms. The van der Waals surface area contributed by atoms with Crippen molar-refractivity contribution in [3.8, 4) is 0 Å². The molecule has 4 aliphatic carbocycles. The number of fused-ring (bicyclic) bond motifs is 5. The standard InChI is InChI=1S/C27H46O3/c1-17(2)27(29,30)15-10-18(3)22-8-9-23-21-7-6-19-16-20(28)11-13-25(19,4)24(21)12-14-26(22,23)5/h17-19,21-24,29-30H,6-16H2,1-5H3/t18-,19?,21+,22-,23+,24+,25+,26-/m1/s1. The maximum absolute atomic E-state index is 12.1. The molecule has 0 saturated heterocycles. The van der Waals surface area contributed by atoms with Crippen molar-refractivity contribution in [2.24, 2.45) is 52.3 Å². The number of ketones is 1. The number of rotatable bonds is 5. The molecule has 0 bridgehead atoms. The van der Waals surface area contributed by atoms with Gasteiger partial charge in [-0.2, -0.15) is 0 Å². The number of Topliss-reactive ketones (excluding diaryl/α,β-unsaturated/α-hetero) is 1. The fourth-order valence-corrected chi connectivity index (χ4v) is 8.95. The van der Waals surface area contributed by atoms with E-state index in [4.69, 9.17) is 0 Å². The Hall–Kier alpha value is -0.410. The fourth-order valence-electron chi connectivity index (χ4n) is 8.95. The molecule has 1 unspecified atom stereocenters. The van der Waals surface area contributed by atoms with Crippen molar-refractivity contribution in [2.45, 2.75) is 111 Å². The fraction of sp³-hybridized carbons (Fsp3) is 0.963. The van der Waals surface area contributed by atoms with Gasteiger partial charge in [0, 0.05) is 25.2 Å². The Bertz CT molecular complexity index is 654. The molecule has 0 aromatic heterocycles. The molecular weight excluding hydrogens is 372 g/mol. The third-order valence-electron chi connectivity index (χ3n) is 11.1. The summed E-state index contributed by atoms with van der Waals surface area (Å²) < 4.78 is 0. The summed E-state index contributed by atoms with van der Waals surface area (Å²) in [6.45, 7) is 11.3. The van der Waals surface area contributed by atoms with Crippen LogP contribution in [-0.4, -0.2) is 21.8 Å². The third-order valence-corrected chi connectivity index (χ3v) is 11.1. The van der Waals surface area contributed by atoms with E-state index >= 15 is 0 Å². The van der Waals surface area contributed by atoms with Gasteiger partial charge in [-0.15, -0.1) is 0 Å². The average Bonchev–Trinajstić information content (AvgIpc) is 3.04. The molecule has 0 aromatic carbocycles. The Morgan fingerprint density at radius 3 is 2.37 bits per heavy atom. The normalized spacial score (nSPS) is 45.1. The molecule has 172 valence electrons. The predicted molar refractivity (Wildman–Crippen MR) is 121 cm³/mol. The maximum atomic E-state index is 12.1. The van der Waals surface area contributed by atoms with E-state index < -0.39 is 5.79 Å². The van der Waals surface area contributed by atoms with Crippen LogP contribution in [0.2, 0.25) is 0 Å². The van der Waals surface area contributed by atoms with Crippen LogP contribution in [-0.2, 0) is 4.79 Å². The van der Waals surface area contributed by atoms with E-state index in [-0.39, 0.29) is 5.92 Å². The molecule has 2 N–H and O–H groups in total. The zero-order valence-electron chi connectivity index (χ0n) is 20.1. The summed E-state index contributed by atoms with van der Waals surface area (Å²) in [5.41, 5.74) is 0.812. The Kier molecular flexibility index (Phi) is 5.97. The van der Waals surface area contributed by atoms with Crippen molar-refractivity contribution in [1.29, 1.82) is 0 Å². The Labute approximate surface area is 184 Å². The van der Waals surface area contributed by atoms with Crippen molar-refractivity contribution in [1.82, 2.24) is 0 Å². The molecule has 4 saturated carbocycles. The second-order valence-corrected chi connectivity index (χ2v) is 12.7. The highest BCUT2D eigenvalue weighted by atomic mass is 16.5. The lowest BCUT2D eigenvalue weighted by atomic mass is 9.44. The van der Waals surface area contributed by atoms with Crippen LogP contribution in [0.15, 0.2) is 0 Å². The highest BCUT2D eigenvalue weighted by Gasteiger charge is 2.60. The van der Waals surface area contributed by atoms with Crippen molar-refractivity contribution in [3.63, 3.8) is 0 Å². The lowest BCUT2D eigenvalue weighted by Crippen LogP contribution is -2.53. The first-order chi connectivity index (χ1) is 14.0. The highest BCUT2D eigenvalue weighted by molar-refractivity contribution is 5.79. The summed E-state index contributed by atoms with van der Waals surface area (Å²) in [7, 11) is 0. The lowest BCUT2D eigenvalue weighted by molar-refractivity contribution is -0.199. The van der Waals surface area contributed by atoms with E-state index in [0.717, 1.165) is 43.4 Å². The van der Waals surface area contributed by atoms with E-state index in [0.29, 0.717) is 40.8 Å². The summed E-state index contributed by atoms with van der Waals surface area (Å²) >= 11 is 0. The summed E-state index contributed by atoms with van der Waals surface area (Å²) in [6.07, 6.45) is 12.2. The molecule has 3 heteroatoms. The second kappa shape index (κ2) is 7.87. The number of carbonyl (C=O) groups excluding carboxylic acids is 1. The maximum Gasteiger partial charge on any atom is 0.164 e. The largest absolute Gasteiger partial charge is 0.365 e. The van der Waals surface area contributed by atoms with Gasteiger partial charge in [-0.05, 0) is 97.7 Å². The van der Waals surface area contributed by atoms with Crippen molar-refractivity contribution < 1.29 is 15.0 Å². The minimum atomic E-state index is -1.53. The van der Waals surface area contributed by atoms with Crippen LogP contribution in [0.25, 0.3) is 0 Å². The van der Waals surface area contributed by atoms with Crippen LogP contribution >= 0.6 is 0 Å². The zero-order chi connectivity index (χ0) is 21.9. The van der Waals surface area contributed by atoms with Gasteiger partial charge in [0.05, 0.1) is 0 Å². The van der Waals surface area contributed by atoms with Crippen LogP contribution in [0.5, 0.6) is 0 Å². The van der Waals surface area contributed by atoms with Gasteiger partial charge in [0.25, 0.3) is 0 Å². The molecule has 8 atom stereocenters. The third kappa shape index (κ3) is 3.60. The Morgan fingerprint density at radius 2 is 1.67 bits per heavy atom. The molecule has 0 aromatic rings. The molecule has 4 fully saturated rings. The number of hydrogen-bond acceptors (Lipinski definition) is 3. The Balaban J connectivity index is 1.47. The minimum absolute atomic E-state index is 0.120. The zero-order valence-corrected chi connectivity index (χ0v) is 20.1. The van der Waals surface area contributed by atoms with Crippen LogP contribution in [0, 0.1) is 52.3 Å². The molecular formula is C27H46O3. The summed E-state index contributed by atoms with van der Waals surface area (Å²) in [4.78, 5) is 12.1. The first kappa shape index (κ1) is 22.8. The van der Waals surface area contributed by atoms with Gasteiger partial charge < -0.3 is 10.2 Å². The van der Waals surface area contributed by atoms with E-state index in [2.05, 4.69) is 20.8 Å². The van der Waals surface area contributed by atoms with Crippen LogP contribution in [0.3, 0.4) is 0 Å². The van der Waals surface area contributed by atoms with Crippen LogP contribution in [0.1, 0.15) is 105 Å². The highest BCUT2D eigenvalue weighted by Crippen LogP contribution is 2.68. The van der Waals surface area contributed by atoms with Crippen molar-refractivity contribution in [2.75, 3.05) is 0 Å². The molecule has 0 aliphatic heterocycles. The number of aliphatic hydroxyl groups is 2. The van der Waals surface area contributed by atoms with Gasteiger partial charge in [-0.1, -0.05) is 34.6 Å². The molecule has 4 aliphatic rings. The smallest absolute Gasteiger partial charge is 0.164 e. The SMILES string of the molecule is CC(C)C(O)(O)CC[C@@H](C)[C@H]1CC[C@H]2[C@@H]3CCC4CC(=O)CC[C@]4(C)[C@H]3CC[C@]12C. The van der Waals surface area contributed by atoms with E-state index in [1.807, 2.05) is 13.8 Å². The van der Waals surface area contributed by atoms with Crippen LogP contribution < -0.4 is 0 Å². The van der Waals surface area contributed by atoms with Crippen molar-refractivity contribution in [3.05, 3.63) is 0 Å². The topological polar surface area (TPSA) is 57.5 Å². The quantitative estimate of drug-likeness (QED) is 0.541. The van der Waals surface area contributed by atoms with Gasteiger partial charge in [0.1, 0.15) is 5.78 Å². The first-order valence-corrected chi connectivity index (χ1v) is 13.0. The van der Waals surface area contributed by atoms with Gasteiger partial charge in [-0.3, -0.25) is 4.79 Å². The first-order valence-electron chi connectivity index (χ1n) is 13.0. The summed E-state index contributed by atoms with van der Waals surface area (Å²) in [6, 6.07) is 0. The minimum Gasteiger partial charge on any atom is -0.365 e. The van der Waals surface area contributed by atoms with Gasteiger partial charge in [0.2, 0.25) is 0 Å². The second-order valence-electron chi connectivity index (χ2n) is 12.7. The summed E-state index contributed by atoms with van der Waals surface area (Å²) in [5, 5.41) is 20.6. The molecule has 3 nitrogen and oxygen atoms in total. The lowest BCUT2D eigenvalue weighted by Gasteiger charge is -2.60. The monoisotopic (exact) mass is 418 g/mol. The number of carbonyl (C=O) groups is 1.